The van der Waals surface area contributed by atoms with Gasteiger partial charge in [-0.25, -0.2) is 9.97 Å². The average Bonchev–Trinajstić information content (AvgIpc) is 2.16. The molecule has 0 atom stereocenters. The van der Waals surface area contributed by atoms with Crippen LogP contribution in [-0.4, -0.2) is 9.97 Å². The molecule has 1 aromatic heterocycles. The highest BCUT2D eigenvalue weighted by molar-refractivity contribution is 9.10. The average molecular weight is 304 g/mol. The van der Waals surface area contributed by atoms with Gasteiger partial charge in [0.15, 0.2) is 5.82 Å². The lowest BCUT2D eigenvalue weighted by Crippen LogP contribution is -1.90. The number of benzene rings is 1. The Balaban J connectivity index is 2.59. The van der Waals surface area contributed by atoms with Gasteiger partial charge in [-0.3, -0.25) is 0 Å². The first kappa shape index (κ1) is 10.9. The fourth-order valence-corrected chi connectivity index (χ4v) is 2.04. The summed E-state index contributed by atoms with van der Waals surface area (Å²) in [6, 6.07) is 9.13. The van der Waals surface area contributed by atoms with Crippen molar-refractivity contribution >= 4 is 39.1 Å². The van der Waals surface area contributed by atoms with Crippen LogP contribution in [-0.2, 0) is 0 Å². The molecule has 5 heteroatoms. The van der Waals surface area contributed by atoms with E-state index in [1.165, 1.54) is 6.07 Å². The van der Waals surface area contributed by atoms with E-state index < -0.39 is 0 Å². The molecule has 15 heavy (non-hydrogen) atoms. The van der Waals surface area contributed by atoms with Crippen LogP contribution < -0.4 is 0 Å². The molecule has 0 spiro atoms. The first-order valence-corrected chi connectivity index (χ1v) is 5.67. The molecule has 0 saturated carbocycles. The Hall–Kier alpha value is -0.640. The summed E-state index contributed by atoms with van der Waals surface area (Å²) in [5.74, 6) is 0.514. The van der Waals surface area contributed by atoms with E-state index in [2.05, 4.69) is 25.9 Å². The van der Waals surface area contributed by atoms with Gasteiger partial charge in [0.25, 0.3) is 0 Å². The molecular weight excluding hydrogens is 299 g/mol. The molecule has 1 heterocycles. The molecule has 2 nitrogen and oxygen atoms in total. The van der Waals surface area contributed by atoms with E-state index in [1.807, 2.05) is 24.3 Å². The van der Waals surface area contributed by atoms with Gasteiger partial charge in [0, 0.05) is 16.1 Å². The Morgan fingerprint density at radius 3 is 2.20 bits per heavy atom. The van der Waals surface area contributed by atoms with Gasteiger partial charge < -0.3 is 0 Å². The molecule has 0 fully saturated rings. The summed E-state index contributed by atoms with van der Waals surface area (Å²) < 4.78 is 0.906. The maximum Gasteiger partial charge on any atom is 0.163 e. The van der Waals surface area contributed by atoms with Crippen LogP contribution in [0.1, 0.15) is 0 Å². The Kier molecular flexibility index (Phi) is 3.24. The van der Waals surface area contributed by atoms with Crippen LogP contribution in [0.3, 0.4) is 0 Å². The van der Waals surface area contributed by atoms with Gasteiger partial charge in [-0.2, -0.15) is 0 Å². The zero-order chi connectivity index (χ0) is 10.8. The van der Waals surface area contributed by atoms with Crippen LogP contribution in [0.25, 0.3) is 11.4 Å². The lowest BCUT2D eigenvalue weighted by Gasteiger charge is -2.03. The number of aromatic nitrogens is 2. The smallest absolute Gasteiger partial charge is 0.163 e. The number of rotatable bonds is 1. The zero-order valence-corrected chi connectivity index (χ0v) is 10.5. The van der Waals surface area contributed by atoms with E-state index in [-0.39, 0.29) is 0 Å². The van der Waals surface area contributed by atoms with E-state index in [1.54, 1.807) is 0 Å². The van der Waals surface area contributed by atoms with Crippen LogP contribution in [0.5, 0.6) is 0 Å². The molecule has 2 aromatic rings. The van der Waals surface area contributed by atoms with Crippen LogP contribution in [0.4, 0.5) is 0 Å². The van der Waals surface area contributed by atoms with Crippen molar-refractivity contribution in [3.8, 4) is 11.4 Å². The van der Waals surface area contributed by atoms with Crippen LogP contribution in [0, 0.1) is 0 Å². The molecule has 0 aliphatic carbocycles. The number of halogens is 3. The van der Waals surface area contributed by atoms with Crippen molar-refractivity contribution in [1.82, 2.24) is 9.97 Å². The summed E-state index contributed by atoms with van der Waals surface area (Å²) >= 11 is 15.0. The van der Waals surface area contributed by atoms with Gasteiger partial charge in [0.05, 0.1) is 0 Å². The summed E-state index contributed by atoms with van der Waals surface area (Å²) in [5, 5.41) is 0.668. The monoisotopic (exact) mass is 302 g/mol. The molecule has 2 rings (SSSR count). The van der Waals surface area contributed by atoms with E-state index in [4.69, 9.17) is 23.2 Å². The lowest BCUT2D eigenvalue weighted by molar-refractivity contribution is 1.17. The Morgan fingerprint density at radius 2 is 1.60 bits per heavy atom. The SMILES string of the molecule is Clc1cc(Cl)nc(-c2ccccc2Br)n1. The summed E-state index contributed by atoms with van der Waals surface area (Å²) in [6.07, 6.45) is 0. The molecule has 0 N–H and O–H groups in total. The van der Waals surface area contributed by atoms with Gasteiger partial charge in [-0.1, -0.05) is 57.3 Å². The second kappa shape index (κ2) is 4.47. The highest BCUT2D eigenvalue weighted by Gasteiger charge is 2.07. The number of nitrogens with zero attached hydrogens (tertiary/aromatic N) is 2. The Morgan fingerprint density at radius 1 is 1.00 bits per heavy atom. The van der Waals surface area contributed by atoms with Gasteiger partial charge in [-0.05, 0) is 6.07 Å². The van der Waals surface area contributed by atoms with Crippen molar-refractivity contribution in [2.24, 2.45) is 0 Å². The van der Waals surface area contributed by atoms with E-state index in [9.17, 15) is 0 Å². The minimum absolute atomic E-state index is 0.334. The van der Waals surface area contributed by atoms with Crippen LogP contribution in [0.2, 0.25) is 10.3 Å². The third-order valence-corrected chi connectivity index (χ3v) is 2.86. The zero-order valence-electron chi connectivity index (χ0n) is 7.42. The topological polar surface area (TPSA) is 25.8 Å². The first-order valence-electron chi connectivity index (χ1n) is 4.12. The molecule has 1 aromatic carbocycles. The molecule has 0 aliphatic rings. The van der Waals surface area contributed by atoms with Crippen molar-refractivity contribution in [2.75, 3.05) is 0 Å². The molecule has 76 valence electrons. The van der Waals surface area contributed by atoms with Crippen molar-refractivity contribution in [2.45, 2.75) is 0 Å². The largest absolute Gasteiger partial charge is 0.216 e. The predicted molar refractivity (Wildman–Crippen MR) is 65.2 cm³/mol. The second-order valence-corrected chi connectivity index (χ2v) is 4.45. The molecule has 0 radical (unpaired) electrons. The minimum atomic E-state index is 0.334. The van der Waals surface area contributed by atoms with Crippen molar-refractivity contribution in [3.05, 3.63) is 45.1 Å². The maximum atomic E-state index is 5.80. The number of hydrogen-bond acceptors (Lipinski definition) is 2. The molecule has 0 bridgehead atoms. The Bertz CT molecular complexity index is 482. The molecule has 0 unspecified atom stereocenters. The Labute approximate surface area is 105 Å². The predicted octanol–water partition coefficient (Wildman–Crippen LogP) is 4.21. The minimum Gasteiger partial charge on any atom is -0.216 e. The van der Waals surface area contributed by atoms with Crippen molar-refractivity contribution in [3.63, 3.8) is 0 Å². The van der Waals surface area contributed by atoms with Crippen LogP contribution in [0.15, 0.2) is 34.8 Å². The maximum absolute atomic E-state index is 5.80. The summed E-state index contributed by atoms with van der Waals surface area (Å²) in [4.78, 5) is 8.21. The third-order valence-electron chi connectivity index (χ3n) is 1.78. The summed E-state index contributed by atoms with van der Waals surface area (Å²) in [5.41, 5.74) is 0.863. The van der Waals surface area contributed by atoms with Crippen molar-refractivity contribution < 1.29 is 0 Å². The van der Waals surface area contributed by atoms with Gasteiger partial charge in [-0.15, -0.1) is 0 Å². The second-order valence-electron chi connectivity index (χ2n) is 2.82. The van der Waals surface area contributed by atoms with E-state index in [0.717, 1.165) is 10.0 Å². The fraction of sp³-hybridized carbons (Fsp3) is 0. The quantitative estimate of drug-likeness (QED) is 0.737. The van der Waals surface area contributed by atoms with Gasteiger partial charge in [0.1, 0.15) is 10.3 Å². The van der Waals surface area contributed by atoms with E-state index >= 15 is 0 Å². The normalized spacial score (nSPS) is 10.3. The standard InChI is InChI=1S/C10H5BrCl2N2/c11-7-4-2-1-3-6(7)10-14-8(12)5-9(13)15-10/h1-5H. The van der Waals surface area contributed by atoms with Crippen molar-refractivity contribution in [1.29, 1.82) is 0 Å². The highest BCUT2D eigenvalue weighted by atomic mass is 79.9. The lowest BCUT2D eigenvalue weighted by atomic mass is 10.2. The van der Waals surface area contributed by atoms with Gasteiger partial charge in [0.2, 0.25) is 0 Å². The fourth-order valence-electron chi connectivity index (χ4n) is 1.15. The first-order chi connectivity index (χ1) is 7.16. The molecular formula is C10H5BrCl2N2. The molecule has 0 amide bonds. The highest BCUT2D eigenvalue weighted by Crippen LogP contribution is 2.26. The summed E-state index contributed by atoms with van der Waals surface area (Å²) in [7, 11) is 0. The van der Waals surface area contributed by atoms with Gasteiger partial charge >= 0.3 is 0 Å². The molecule has 0 aliphatic heterocycles. The molecule has 0 saturated heterocycles. The van der Waals surface area contributed by atoms with E-state index in [0.29, 0.717) is 16.1 Å². The number of hydrogen-bond donors (Lipinski definition) is 0. The summed E-state index contributed by atoms with van der Waals surface area (Å²) in [6.45, 7) is 0. The third kappa shape index (κ3) is 2.48. The van der Waals surface area contributed by atoms with Crippen LogP contribution >= 0.6 is 39.1 Å².